The molecule has 0 aromatic heterocycles. The van der Waals surface area contributed by atoms with Gasteiger partial charge in [-0.15, -0.1) is 0 Å². The summed E-state index contributed by atoms with van der Waals surface area (Å²) in [6.45, 7) is 2.28. The van der Waals surface area contributed by atoms with Gasteiger partial charge >= 0.3 is 5.97 Å². The molecular formula is C22H42O2. The van der Waals surface area contributed by atoms with Crippen molar-refractivity contribution in [1.82, 2.24) is 0 Å². The van der Waals surface area contributed by atoms with E-state index >= 15 is 0 Å². The smallest absolute Gasteiger partial charge is 0.306 e. The third-order valence-corrected chi connectivity index (χ3v) is 5.06. The van der Waals surface area contributed by atoms with E-state index in [1.807, 2.05) is 0 Å². The molecule has 0 spiro atoms. The van der Waals surface area contributed by atoms with Crippen LogP contribution in [0.2, 0.25) is 0 Å². The molecule has 1 rings (SSSR count). The van der Waals surface area contributed by atoms with E-state index in [9.17, 15) is 4.79 Å². The van der Waals surface area contributed by atoms with Crippen LogP contribution in [0.4, 0.5) is 0 Å². The molecule has 0 N–H and O–H groups in total. The van der Waals surface area contributed by atoms with E-state index < -0.39 is 0 Å². The fourth-order valence-corrected chi connectivity index (χ4v) is 3.25. The Balaban J connectivity index is 1.65. The van der Waals surface area contributed by atoms with Gasteiger partial charge in [0.15, 0.2) is 0 Å². The second kappa shape index (κ2) is 16.0. The van der Waals surface area contributed by atoms with Crippen LogP contribution in [0.1, 0.15) is 129 Å². The monoisotopic (exact) mass is 338 g/mol. The average Bonchev–Trinajstić information content (AvgIpc) is 3.38. The Bertz CT molecular complexity index is 284. The van der Waals surface area contributed by atoms with E-state index in [2.05, 4.69) is 6.92 Å². The summed E-state index contributed by atoms with van der Waals surface area (Å²) in [5, 5.41) is 0. The van der Waals surface area contributed by atoms with Crippen LogP contribution >= 0.6 is 0 Å². The maximum atomic E-state index is 11.4. The zero-order valence-corrected chi connectivity index (χ0v) is 16.3. The van der Waals surface area contributed by atoms with E-state index in [1.54, 1.807) is 0 Å². The average molecular weight is 339 g/mol. The second-order valence-electron chi connectivity index (χ2n) is 7.74. The van der Waals surface area contributed by atoms with Crippen molar-refractivity contribution in [2.24, 2.45) is 0 Å². The molecule has 2 nitrogen and oxygen atoms in total. The van der Waals surface area contributed by atoms with Gasteiger partial charge in [-0.3, -0.25) is 4.79 Å². The van der Waals surface area contributed by atoms with E-state index in [0.29, 0.717) is 6.42 Å². The van der Waals surface area contributed by atoms with Gasteiger partial charge in [0.25, 0.3) is 0 Å². The van der Waals surface area contributed by atoms with Crippen molar-refractivity contribution in [2.45, 2.75) is 135 Å². The largest absolute Gasteiger partial charge is 0.462 e. The number of rotatable bonds is 18. The minimum atomic E-state index is 0.0304. The number of esters is 1. The molecule has 1 saturated carbocycles. The Morgan fingerprint density at radius 3 is 1.42 bits per heavy atom. The minimum absolute atomic E-state index is 0.0304. The topological polar surface area (TPSA) is 26.3 Å². The minimum Gasteiger partial charge on any atom is -0.462 e. The molecule has 0 saturated heterocycles. The van der Waals surface area contributed by atoms with Crippen LogP contribution in [-0.2, 0) is 9.53 Å². The van der Waals surface area contributed by atoms with Gasteiger partial charge in [0.05, 0.1) is 0 Å². The summed E-state index contributed by atoms with van der Waals surface area (Å²) in [4.78, 5) is 11.4. The molecule has 0 amide bonds. The maximum Gasteiger partial charge on any atom is 0.306 e. The third kappa shape index (κ3) is 15.0. The molecule has 1 aliphatic carbocycles. The normalized spacial score (nSPS) is 14.0. The Morgan fingerprint density at radius 1 is 0.667 bits per heavy atom. The van der Waals surface area contributed by atoms with Crippen molar-refractivity contribution >= 4 is 5.97 Å². The van der Waals surface area contributed by atoms with Gasteiger partial charge in [0, 0.05) is 6.42 Å². The van der Waals surface area contributed by atoms with Gasteiger partial charge in [-0.1, -0.05) is 103 Å². The van der Waals surface area contributed by atoms with Crippen LogP contribution in [-0.4, -0.2) is 12.1 Å². The lowest BCUT2D eigenvalue weighted by atomic mass is 10.0. The molecule has 2 heteroatoms. The molecule has 0 aromatic carbocycles. The fourth-order valence-electron chi connectivity index (χ4n) is 3.25. The molecule has 0 unspecified atom stereocenters. The first kappa shape index (κ1) is 21.5. The van der Waals surface area contributed by atoms with Gasteiger partial charge < -0.3 is 4.74 Å². The summed E-state index contributed by atoms with van der Waals surface area (Å²) in [6.07, 6.45) is 25.0. The Kier molecular flexibility index (Phi) is 14.3. The van der Waals surface area contributed by atoms with Crippen LogP contribution in [0.15, 0.2) is 0 Å². The number of carbonyl (C=O) groups is 1. The summed E-state index contributed by atoms with van der Waals surface area (Å²) < 4.78 is 5.25. The molecular weight excluding hydrogens is 296 g/mol. The number of ether oxygens (including phenoxy) is 1. The van der Waals surface area contributed by atoms with E-state index in [0.717, 1.165) is 19.3 Å². The van der Waals surface area contributed by atoms with E-state index in [4.69, 9.17) is 4.74 Å². The molecule has 0 bridgehead atoms. The van der Waals surface area contributed by atoms with Gasteiger partial charge in [-0.25, -0.2) is 0 Å². The van der Waals surface area contributed by atoms with Crippen molar-refractivity contribution in [2.75, 3.05) is 0 Å². The van der Waals surface area contributed by atoms with Crippen molar-refractivity contribution in [3.63, 3.8) is 0 Å². The summed E-state index contributed by atoms with van der Waals surface area (Å²) in [6, 6.07) is 0. The number of carbonyl (C=O) groups excluding carboxylic acids is 1. The van der Waals surface area contributed by atoms with Gasteiger partial charge in [0.2, 0.25) is 0 Å². The van der Waals surface area contributed by atoms with Crippen LogP contribution in [0, 0.1) is 0 Å². The molecule has 0 aromatic rings. The van der Waals surface area contributed by atoms with Crippen molar-refractivity contribution in [1.29, 1.82) is 0 Å². The van der Waals surface area contributed by atoms with Crippen molar-refractivity contribution in [3.8, 4) is 0 Å². The van der Waals surface area contributed by atoms with E-state index in [-0.39, 0.29) is 12.1 Å². The highest BCUT2D eigenvalue weighted by Gasteiger charge is 2.25. The number of hydrogen-bond donors (Lipinski definition) is 0. The number of unbranched alkanes of at least 4 members (excludes halogenated alkanes) is 15. The van der Waals surface area contributed by atoms with Crippen LogP contribution in [0.5, 0.6) is 0 Å². The first-order valence-electron chi connectivity index (χ1n) is 11.0. The van der Waals surface area contributed by atoms with Crippen LogP contribution < -0.4 is 0 Å². The van der Waals surface area contributed by atoms with Crippen LogP contribution in [0.3, 0.4) is 0 Å². The molecule has 24 heavy (non-hydrogen) atoms. The Morgan fingerprint density at radius 2 is 1.04 bits per heavy atom. The lowest BCUT2D eigenvalue weighted by molar-refractivity contribution is -0.145. The quantitative estimate of drug-likeness (QED) is 0.193. The molecule has 0 aliphatic heterocycles. The molecule has 0 heterocycles. The standard InChI is InChI=1S/C22H42O2/c1-2-3-4-5-6-7-8-9-10-11-12-13-14-15-16-17-18-22(23)24-21-19-20-21/h21H,2-20H2,1H3. The number of hydrogen-bond acceptors (Lipinski definition) is 2. The predicted octanol–water partition coefficient (Wildman–Crippen LogP) is 7.34. The summed E-state index contributed by atoms with van der Waals surface area (Å²) in [5.41, 5.74) is 0. The molecule has 1 fully saturated rings. The summed E-state index contributed by atoms with van der Waals surface area (Å²) in [7, 11) is 0. The zero-order chi connectivity index (χ0) is 17.3. The molecule has 0 radical (unpaired) electrons. The van der Waals surface area contributed by atoms with Crippen molar-refractivity contribution in [3.05, 3.63) is 0 Å². The Labute approximate surface area is 151 Å². The highest BCUT2D eigenvalue weighted by Crippen LogP contribution is 2.24. The SMILES string of the molecule is CCCCCCCCCCCCCCCCCCC(=O)OC1CC1. The zero-order valence-electron chi connectivity index (χ0n) is 16.3. The second-order valence-corrected chi connectivity index (χ2v) is 7.74. The first-order valence-corrected chi connectivity index (χ1v) is 11.0. The molecule has 0 atom stereocenters. The summed E-state index contributed by atoms with van der Waals surface area (Å²) in [5.74, 6) is 0.0304. The predicted molar refractivity (Wildman–Crippen MR) is 103 cm³/mol. The lowest BCUT2D eigenvalue weighted by Crippen LogP contribution is -2.05. The highest BCUT2D eigenvalue weighted by molar-refractivity contribution is 5.69. The maximum absolute atomic E-state index is 11.4. The van der Waals surface area contributed by atoms with Gasteiger partial charge in [0.1, 0.15) is 6.10 Å². The third-order valence-electron chi connectivity index (χ3n) is 5.06. The lowest BCUT2D eigenvalue weighted by Gasteiger charge is -2.04. The molecule has 1 aliphatic rings. The molecule has 142 valence electrons. The Hall–Kier alpha value is -0.530. The first-order chi connectivity index (χ1) is 11.8. The highest BCUT2D eigenvalue weighted by atomic mass is 16.5. The summed E-state index contributed by atoms with van der Waals surface area (Å²) >= 11 is 0. The van der Waals surface area contributed by atoms with Gasteiger partial charge in [-0.2, -0.15) is 0 Å². The van der Waals surface area contributed by atoms with Gasteiger partial charge in [-0.05, 0) is 19.3 Å². The van der Waals surface area contributed by atoms with Crippen molar-refractivity contribution < 1.29 is 9.53 Å². The van der Waals surface area contributed by atoms with E-state index in [1.165, 1.54) is 96.3 Å². The van der Waals surface area contributed by atoms with Crippen LogP contribution in [0.25, 0.3) is 0 Å². The fraction of sp³-hybridized carbons (Fsp3) is 0.955.